The van der Waals surface area contributed by atoms with E-state index in [2.05, 4.69) is 0 Å². The topological polar surface area (TPSA) is 49.7 Å². The van der Waals surface area contributed by atoms with Gasteiger partial charge in [0.25, 0.3) is 0 Å². The maximum Gasteiger partial charge on any atom is 0.707 e. The standard InChI is InChI=1S/C10H8BClO3/c12-9-5-6-10(15-11(13)14)8-4-2-1-3-7(8)9/h1-6,13-14H. The fourth-order valence-electron chi connectivity index (χ4n) is 1.45. The lowest BCUT2D eigenvalue weighted by molar-refractivity contribution is 0.289. The van der Waals surface area contributed by atoms with Crippen molar-refractivity contribution in [3.63, 3.8) is 0 Å². The first kappa shape index (κ1) is 10.3. The summed E-state index contributed by atoms with van der Waals surface area (Å²) in [6, 6.07) is 10.6. The van der Waals surface area contributed by atoms with E-state index >= 15 is 0 Å². The summed E-state index contributed by atoms with van der Waals surface area (Å²) in [4.78, 5) is 0. The van der Waals surface area contributed by atoms with Gasteiger partial charge in [-0.15, -0.1) is 0 Å². The summed E-state index contributed by atoms with van der Waals surface area (Å²) in [5, 5.41) is 19.6. The zero-order valence-electron chi connectivity index (χ0n) is 7.72. The number of halogens is 1. The first-order chi connectivity index (χ1) is 7.18. The number of benzene rings is 2. The molecular weight excluding hydrogens is 214 g/mol. The molecule has 5 heteroatoms. The highest BCUT2D eigenvalue weighted by molar-refractivity contribution is 6.36. The van der Waals surface area contributed by atoms with Crippen LogP contribution < -0.4 is 4.65 Å². The van der Waals surface area contributed by atoms with Gasteiger partial charge in [-0.2, -0.15) is 0 Å². The summed E-state index contributed by atoms with van der Waals surface area (Å²) in [6.07, 6.45) is 0. The Labute approximate surface area is 92.0 Å². The molecule has 0 heterocycles. The Morgan fingerprint density at radius 3 is 2.33 bits per heavy atom. The average Bonchev–Trinajstić information content (AvgIpc) is 2.22. The van der Waals surface area contributed by atoms with Crippen molar-refractivity contribution >= 4 is 29.7 Å². The molecule has 15 heavy (non-hydrogen) atoms. The molecule has 0 saturated heterocycles. The van der Waals surface area contributed by atoms with E-state index < -0.39 is 7.32 Å². The van der Waals surface area contributed by atoms with Gasteiger partial charge >= 0.3 is 7.32 Å². The molecule has 2 rings (SSSR count). The van der Waals surface area contributed by atoms with Gasteiger partial charge < -0.3 is 14.7 Å². The van der Waals surface area contributed by atoms with E-state index in [1.165, 1.54) is 0 Å². The van der Waals surface area contributed by atoms with Crippen LogP contribution >= 0.6 is 11.6 Å². The molecule has 2 aromatic carbocycles. The summed E-state index contributed by atoms with van der Waals surface area (Å²) < 4.78 is 4.83. The Balaban J connectivity index is 2.61. The Hall–Kier alpha value is -1.23. The first-order valence-electron chi connectivity index (χ1n) is 4.38. The van der Waals surface area contributed by atoms with Crippen molar-refractivity contribution in [1.29, 1.82) is 0 Å². The third kappa shape index (κ3) is 2.07. The van der Waals surface area contributed by atoms with E-state index in [1.54, 1.807) is 18.2 Å². The summed E-state index contributed by atoms with van der Waals surface area (Å²) >= 11 is 5.99. The quantitative estimate of drug-likeness (QED) is 0.762. The zero-order valence-corrected chi connectivity index (χ0v) is 8.48. The molecule has 2 aromatic rings. The smallest absolute Gasteiger partial charge is 0.512 e. The maximum absolute atomic E-state index is 8.73. The van der Waals surface area contributed by atoms with Crippen molar-refractivity contribution in [2.24, 2.45) is 0 Å². The van der Waals surface area contributed by atoms with E-state index in [-0.39, 0.29) is 0 Å². The van der Waals surface area contributed by atoms with Crippen LogP contribution in [0.4, 0.5) is 0 Å². The highest BCUT2D eigenvalue weighted by Crippen LogP contribution is 2.31. The van der Waals surface area contributed by atoms with Gasteiger partial charge in [0.2, 0.25) is 0 Å². The Morgan fingerprint density at radius 1 is 1.00 bits per heavy atom. The molecule has 0 unspecified atom stereocenters. The summed E-state index contributed by atoms with van der Waals surface area (Å²) in [5.74, 6) is 0.394. The molecule has 0 bridgehead atoms. The molecule has 0 aliphatic rings. The molecule has 3 nitrogen and oxygen atoms in total. The Kier molecular flexibility index (Phi) is 2.82. The minimum atomic E-state index is -1.82. The SMILES string of the molecule is OB(O)Oc1ccc(Cl)c2ccccc12. The predicted molar refractivity (Wildman–Crippen MR) is 59.8 cm³/mol. The number of hydrogen-bond donors (Lipinski definition) is 2. The highest BCUT2D eigenvalue weighted by Gasteiger charge is 2.13. The van der Waals surface area contributed by atoms with Crippen LogP contribution in [-0.2, 0) is 0 Å². The molecule has 0 spiro atoms. The number of hydrogen-bond acceptors (Lipinski definition) is 3. The van der Waals surface area contributed by atoms with Gasteiger partial charge in [-0.25, -0.2) is 0 Å². The van der Waals surface area contributed by atoms with Gasteiger partial charge in [0.05, 0.1) is 0 Å². The van der Waals surface area contributed by atoms with Crippen LogP contribution in [0.3, 0.4) is 0 Å². The van der Waals surface area contributed by atoms with Gasteiger partial charge in [-0.05, 0) is 12.1 Å². The number of rotatable bonds is 2. The fraction of sp³-hybridized carbons (Fsp3) is 0. The van der Waals surface area contributed by atoms with Crippen molar-refractivity contribution < 1.29 is 14.7 Å². The normalized spacial score (nSPS) is 10.3. The lowest BCUT2D eigenvalue weighted by atomic mass is 10.1. The molecule has 0 atom stereocenters. The van der Waals surface area contributed by atoms with E-state index in [9.17, 15) is 0 Å². The molecule has 2 N–H and O–H groups in total. The molecular formula is C10H8BClO3. The monoisotopic (exact) mass is 222 g/mol. The minimum absolute atomic E-state index is 0.394. The largest absolute Gasteiger partial charge is 0.707 e. The highest BCUT2D eigenvalue weighted by atomic mass is 35.5. The van der Waals surface area contributed by atoms with Crippen LogP contribution in [0.2, 0.25) is 5.02 Å². The molecule has 76 valence electrons. The third-order valence-corrected chi connectivity index (χ3v) is 2.39. The molecule has 0 fully saturated rings. The van der Waals surface area contributed by atoms with Crippen LogP contribution in [0.25, 0.3) is 10.8 Å². The van der Waals surface area contributed by atoms with Gasteiger partial charge in [0.15, 0.2) is 0 Å². The lowest BCUT2D eigenvalue weighted by Gasteiger charge is -2.09. The molecule has 0 aliphatic heterocycles. The van der Waals surface area contributed by atoms with E-state index in [0.29, 0.717) is 10.8 Å². The minimum Gasteiger partial charge on any atom is -0.512 e. The van der Waals surface area contributed by atoms with Crippen molar-refractivity contribution in [2.75, 3.05) is 0 Å². The van der Waals surface area contributed by atoms with Crippen LogP contribution in [0, 0.1) is 0 Å². The summed E-state index contributed by atoms with van der Waals surface area (Å²) in [7, 11) is -1.82. The van der Waals surface area contributed by atoms with Crippen LogP contribution in [0.5, 0.6) is 5.75 Å². The van der Waals surface area contributed by atoms with Crippen LogP contribution in [0.15, 0.2) is 36.4 Å². The Morgan fingerprint density at radius 2 is 1.67 bits per heavy atom. The molecule has 0 aromatic heterocycles. The molecule has 0 saturated carbocycles. The van der Waals surface area contributed by atoms with Crippen molar-refractivity contribution in [2.45, 2.75) is 0 Å². The van der Waals surface area contributed by atoms with Crippen molar-refractivity contribution in [1.82, 2.24) is 0 Å². The second kappa shape index (κ2) is 4.10. The lowest BCUT2D eigenvalue weighted by Crippen LogP contribution is -2.20. The van der Waals surface area contributed by atoms with Gasteiger partial charge in [0, 0.05) is 15.8 Å². The van der Waals surface area contributed by atoms with Gasteiger partial charge in [-0.1, -0.05) is 35.9 Å². The molecule has 0 aliphatic carbocycles. The molecule has 0 radical (unpaired) electrons. The number of fused-ring (bicyclic) bond motifs is 1. The maximum atomic E-state index is 8.73. The second-order valence-corrected chi connectivity index (χ2v) is 3.44. The van der Waals surface area contributed by atoms with E-state index in [4.69, 9.17) is 26.3 Å². The van der Waals surface area contributed by atoms with Crippen molar-refractivity contribution in [3.05, 3.63) is 41.4 Å². The zero-order chi connectivity index (χ0) is 10.8. The van der Waals surface area contributed by atoms with Crippen molar-refractivity contribution in [3.8, 4) is 5.75 Å². The fourth-order valence-corrected chi connectivity index (χ4v) is 1.68. The molecule has 0 amide bonds. The average molecular weight is 222 g/mol. The first-order valence-corrected chi connectivity index (χ1v) is 4.76. The summed E-state index contributed by atoms with van der Waals surface area (Å²) in [5.41, 5.74) is 0. The summed E-state index contributed by atoms with van der Waals surface area (Å²) in [6.45, 7) is 0. The van der Waals surface area contributed by atoms with E-state index in [1.807, 2.05) is 18.2 Å². The predicted octanol–water partition coefficient (Wildman–Crippen LogP) is 1.84. The van der Waals surface area contributed by atoms with Gasteiger partial charge in [0.1, 0.15) is 5.75 Å². The van der Waals surface area contributed by atoms with Gasteiger partial charge in [-0.3, -0.25) is 0 Å². The van der Waals surface area contributed by atoms with Crippen LogP contribution in [0.1, 0.15) is 0 Å². The van der Waals surface area contributed by atoms with Crippen LogP contribution in [-0.4, -0.2) is 17.4 Å². The Bertz CT molecular complexity index is 487. The second-order valence-electron chi connectivity index (χ2n) is 3.04. The van der Waals surface area contributed by atoms with E-state index in [0.717, 1.165) is 10.8 Å². The third-order valence-electron chi connectivity index (χ3n) is 2.06.